The highest BCUT2D eigenvalue weighted by molar-refractivity contribution is 6.48. The number of rotatable bonds is 13. The predicted octanol–water partition coefficient (Wildman–Crippen LogP) is 4.34. The Kier molecular flexibility index (Phi) is 10.2. The minimum atomic E-state index is -0.978. The lowest BCUT2D eigenvalue weighted by Gasteiger charge is -2.64. The summed E-state index contributed by atoms with van der Waals surface area (Å²) in [5, 5.41) is 9.05. The maximum atomic E-state index is 14.3. The highest BCUT2D eigenvalue weighted by Gasteiger charge is 2.68. The molecule has 11 heteroatoms. The molecule has 2 bridgehead atoms. The zero-order chi connectivity index (χ0) is 34.8. The van der Waals surface area contributed by atoms with Crippen LogP contribution in [0.15, 0.2) is 79.3 Å². The van der Waals surface area contributed by atoms with Crippen LogP contribution in [0.25, 0.3) is 0 Å². The number of amides is 3. The first-order valence-corrected chi connectivity index (χ1v) is 17.5. The molecular weight excluding hydrogens is 617 g/mol. The molecule has 49 heavy (non-hydrogen) atoms. The summed E-state index contributed by atoms with van der Waals surface area (Å²) < 4.78 is 13.4. The Balaban J connectivity index is 1.22. The summed E-state index contributed by atoms with van der Waals surface area (Å²) in [6.07, 6.45) is 7.45. The van der Waals surface area contributed by atoms with Crippen LogP contribution in [0.3, 0.4) is 0 Å². The fourth-order valence-electron chi connectivity index (χ4n) is 8.14. The topological polar surface area (TPSA) is 132 Å². The van der Waals surface area contributed by atoms with Crippen LogP contribution in [-0.2, 0) is 31.7 Å². The minimum Gasteiger partial charge on any atom is -0.404 e. The van der Waals surface area contributed by atoms with Crippen molar-refractivity contribution < 1.29 is 23.7 Å². The number of hydrogen-bond donors (Lipinski definition) is 3. The van der Waals surface area contributed by atoms with Gasteiger partial charge in [0.25, 0.3) is 5.91 Å². The lowest BCUT2D eigenvalue weighted by atomic mass is 9.43. The minimum absolute atomic E-state index is 0.0164. The van der Waals surface area contributed by atoms with E-state index >= 15 is 0 Å². The Labute approximate surface area is 289 Å². The van der Waals surface area contributed by atoms with Crippen LogP contribution in [0.4, 0.5) is 0 Å². The molecule has 0 unspecified atom stereocenters. The van der Waals surface area contributed by atoms with E-state index in [9.17, 15) is 14.4 Å². The van der Waals surface area contributed by atoms with Gasteiger partial charge >= 0.3 is 7.12 Å². The van der Waals surface area contributed by atoms with E-state index < -0.39 is 42.6 Å². The van der Waals surface area contributed by atoms with Crippen molar-refractivity contribution in [1.82, 2.24) is 25.9 Å². The van der Waals surface area contributed by atoms with Crippen LogP contribution in [0, 0.1) is 23.2 Å². The number of carbonyl (C=O) groups excluding carboxylic acids is 3. The van der Waals surface area contributed by atoms with Crippen LogP contribution >= 0.6 is 0 Å². The van der Waals surface area contributed by atoms with E-state index in [1.54, 1.807) is 0 Å². The molecule has 3 amide bonds. The molecule has 3 aliphatic carbocycles. The van der Waals surface area contributed by atoms with Gasteiger partial charge in [-0.3, -0.25) is 19.4 Å². The maximum Gasteiger partial charge on any atom is 0.481 e. The smallest absolute Gasteiger partial charge is 0.404 e. The lowest BCUT2D eigenvalue weighted by molar-refractivity contribution is -0.199. The van der Waals surface area contributed by atoms with E-state index in [4.69, 9.17) is 9.31 Å². The van der Waals surface area contributed by atoms with E-state index in [-0.39, 0.29) is 41.9 Å². The van der Waals surface area contributed by atoms with E-state index in [1.807, 2.05) is 60.7 Å². The predicted molar refractivity (Wildman–Crippen MR) is 187 cm³/mol. The van der Waals surface area contributed by atoms with Crippen molar-refractivity contribution in [3.05, 3.63) is 96.1 Å². The second-order valence-electron chi connectivity index (χ2n) is 15.1. The van der Waals surface area contributed by atoms with Gasteiger partial charge in [0.15, 0.2) is 0 Å². The van der Waals surface area contributed by atoms with Crippen molar-refractivity contribution in [2.24, 2.45) is 23.2 Å². The average molecular weight is 666 g/mol. The first kappa shape index (κ1) is 34.8. The third kappa shape index (κ3) is 7.58. The SMILES string of the molecule is CC(C)C[C@H](NC(=O)[C@H](Cc1ccccc1)NC(=O)[C@H](Cc1ccccc1)NC(=O)c1cnccn1)B1O[C@H]2C[C@@H]3C[C@@H](C3(C)C)[C@@]2(C)O1. The maximum absolute atomic E-state index is 14.3. The van der Waals surface area contributed by atoms with Crippen molar-refractivity contribution in [2.75, 3.05) is 0 Å². The van der Waals surface area contributed by atoms with E-state index in [0.29, 0.717) is 18.3 Å². The molecule has 258 valence electrons. The number of aromatic nitrogens is 2. The summed E-state index contributed by atoms with van der Waals surface area (Å²) in [5.74, 6) is -0.497. The Bertz CT molecular complexity index is 1610. The summed E-state index contributed by atoms with van der Waals surface area (Å²) in [6.45, 7) is 11.1. The largest absolute Gasteiger partial charge is 0.481 e. The molecule has 0 radical (unpaired) electrons. The van der Waals surface area contributed by atoms with Crippen molar-refractivity contribution in [2.45, 2.75) is 96.5 Å². The molecular formula is C38H48BN5O5. The second-order valence-corrected chi connectivity index (χ2v) is 15.1. The number of nitrogens with one attached hydrogen (secondary N) is 3. The quantitative estimate of drug-likeness (QED) is 0.232. The highest BCUT2D eigenvalue weighted by atomic mass is 16.7. The van der Waals surface area contributed by atoms with Crippen molar-refractivity contribution in [1.29, 1.82) is 0 Å². The Morgan fingerprint density at radius 3 is 2.04 bits per heavy atom. The Morgan fingerprint density at radius 2 is 1.47 bits per heavy atom. The van der Waals surface area contributed by atoms with Crippen LogP contribution in [0.1, 0.15) is 75.5 Å². The van der Waals surface area contributed by atoms with Gasteiger partial charge < -0.3 is 25.3 Å². The molecule has 7 atom stereocenters. The van der Waals surface area contributed by atoms with Crippen LogP contribution in [0.2, 0.25) is 0 Å². The average Bonchev–Trinajstić information content (AvgIpc) is 3.45. The molecule has 1 saturated heterocycles. The normalized spacial score (nSPS) is 25.3. The van der Waals surface area contributed by atoms with Gasteiger partial charge in [-0.05, 0) is 60.5 Å². The van der Waals surface area contributed by atoms with E-state index in [0.717, 1.165) is 24.0 Å². The molecule has 3 saturated carbocycles. The van der Waals surface area contributed by atoms with Crippen LogP contribution in [0.5, 0.6) is 0 Å². The van der Waals surface area contributed by atoms with Crippen molar-refractivity contribution in [3.63, 3.8) is 0 Å². The van der Waals surface area contributed by atoms with Crippen LogP contribution in [-0.4, -0.2) is 64.5 Å². The molecule has 7 rings (SSSR count). The number of hydrogen-bond acceptors (Lipinski definition) is 7. The molecule has 0 spiro atoms. The number of benzene rings is 2. The molecule has 3 N–H and O–H groups in total. The zero-order valence-electron chi connectivity index (χ0n) is 29.1. The Hall–Kier alpha value is -4.09. The first-order chi connectivity index (χ1) is 23.4. The first-order valence-electron chi connectivity index (χ1n) is 17.5. The number of carbonyl (C=O) groups is 3. The van der Waals surface area contributed by atoms with E-state index in [2.05, 4.69) is 60.5 Å². The molecule has 10 nitrogen and oxygen atoms in total. The van der Waals surface area contributed by atoms with Crippen molar-refractivity contribution >= 4 is 24.8 Å². The molecule has 2 aromatic carbocycles. The van der Waals surface area contributed by atoms with Gasteiger partial charge in [0, 0.05) is 25.2 Å². The van der Waals surface area contributed by atoms with Gasteiger partial charge in [-0.15, -0.1) is 0 Å². The molecule has 1 aromatic heterocycles. The monoisotopic (exact) mass is 665 g/mol. The van der Waals surface area contributed by atoms with E-state index in [1.165, 1.54) is 18.6 Å². The summed E-state index contributed by atoms with van der Waals surface area (Å²) in [7, 11) is -0.596. The molecule has 4 fully saturated rings. The third-order valence-corrected chi connectivity index (χ3v) is 11.0. The van der Waals surface area contributed by atoms with Gasteiger partial charge in [0.1, 0.15) is 17.8 Å². The van der Waals surface area contributed by atoms with Gasteiger partial charge in [-0.1, -0.05) is 88.4 Å². The standard InChI is InChI=1S/C38H48BN5O5/c1-24(2)18-33(39-48-32-22-27-21-31(37(27,3)4)38(32,5)49-39)44-35(46)29(20-26-14-10-7-11-15-26)42-34(45)28(19-25-12-8-6-9-13-25)43-36(47)30-23-40-16-17-41-30/h6-17,23-24,27-29,31-33H,18-22H2,1-5H3,(H,42,45)(H,43,47)(H,44,46)/t27-,28-,29-,31-,32-,33-,38+/m0/s1. The molecule has 2 heterocycles. The van der Waals surface area contributed by atoms with Gasteiger partial charge in [0.2, 0.25) is 11.8 Å². The lowest BCUT2D eigenvalue weighted by Crippen LogP contribution is -2.65. The molecule has 1 aliphatic heterocycles. The summed E-state index contributed by atoms with van der Waals surface area (Å²) in [6, 6.07) is 17.1. The highest BCUT2D eigenvalue weighted by Crippen LogP contribution is 2.65. The fourth-order valence-corrected chi connectivity index (χ4v) is 8.14. The summed E-state index contributed by atoms with van der Waals surface area (Å²) >= 11 is 0. The van der Waals surface area contributed by atoms with Crippen molar-refractivity contribution in [3.8, 4) is 0 Å². The van der Waals surface area contributed by atoms with Gasteiger partial charge in [-0.2, -0.15) is 0 Å². The second kappa shape index (κ2) is 14.4. The zero-order valence-corrected chi connectivity index (χ0v) is 29.1. The summed E-state index contributed by atoms with van der Waals surface area (Å²) in [5.41, 5.74) is 1.63. The fraction of sp³-hybridized carbons (Fsp3) is 0.500. The summed E-state index contributed by atoms with van der Waals surface area (Å²) in [4.78, 5) is 49.6. The molecule has 3 aromatic rings. The number of nitrogens with zero attached hydrogens (tertiary/aromatic N) is 2. The van der Waals surface area contributed by atoms with Gasteiger partial charge in [-0.25, -0.2) is 4.98 Å². The van der Waals surface area contributed by atoms with Gasteiger partial charge in [0.05, 0.1) is 23.8 Å². The van der Waals surface area contributed by atoms with Crippen LogP contribution < -0.4 is 16.0 Å². The third-order valence-electron chi connectivity index (χ3n) is 11.0. The Morgan fingerprint density at radius 1 is 0.857 bits per heavy atom. The molecule has 4 aliphatic rings.